The van der Waals surface area contributed by atoms with E-state index in [1.807, 2.05) is 35.2 Å². The number of hydrogen-bond donors (Lipinski definition) is 2. The Labute approximate surface area is 206 Å². The zero-order valence-electron chi connectivity index (χ0n) is 19.4. The average Bonchev–Trinajstić information content (AvgIpc) is 2.84. The van der Waals surface area contributed by atoms with E-state index >= 15 is 0 Å². The van der Waals surface area contributed by atoms with Crippen LogP contribution in [0, 0.1) is 0 Å². The minimum absolute atomic E-state index is 0.0400. The molecular weight excluding hydrogens is 471 g/mol. The first-order valence-electron chi connectivity index (χ1n) is 11.8. The van der Waals surface area contributed by atoms with Crippen molar-refractivity contribution in [1.29, 1.82) is 0 Å². The van der Waals surface area contributed by atoms with Gasteiger partial charge in [0.15, 0.2) is 0 Å². The fraction of sp³-hybridized carbons (Fsp3) is 0.296. The molecule has 0 aromatic heterocycles. The number of likely N-dealkylation sites (tertiary alicyclic amines) is 1. The lowest BCUT2D eigenvalue weighted by Crippen LogP contribution is -2.52. The number of phenolic OH excluding ortho intramolecular Hbond substituents is 1. The highest BCUT2D eigenvalue weighted by Gasteiger charge is 2.39. The first-order chi connectivity index (χ1) is 17.3. The van der Waals surface area contributed by atoms with E-state index in [0.29, 0.717) is 38.2 Å². The summed E-state index contributed by atoms with van der Waals surface area (Å²) in [6, 6.07) is 20.2. The van der Waals surface area contributed by atoms with Crippen molar-refractivity contribution in [3.8, 4) is 11.5 Å². The molecule has 5 rings (SSSR count). The van der Waals surface area contributed by atoms with E-state index in [1.54, 1.807) is 30.3 Å². The normalized spacial score (nSPS) is 19.0. The van der Waals surface area contributed by atoms with Crippen LogP contribution in [0.5, 0.6) is 11.5 Å². The van der Waals surface area contributed by atoms with Gasteiger partial charge in [0.05, 0.1) is 6.04 Å². The van der Waals surface area contributed by atoms with Crippen molar-refractivity contribution in [2.45, 2.75) is 37.8 Å². The van der Waals surface area contributed by atoms with Crippen molar-refractivity contribution in [2.75, 3.05) is 18.4 Å². The maximum absolute atomic E-state index is 13.3. The number of carbonyl (C=O) groups excluding carboxylic acids is 1. The SMILES string of the molecule is O=C1Nc2ccc(O)cc2C(c2ccccc2)N1C1CCN(Cc2cccc(OC(F)(F)F)c2)CC1. The molecule has 2 amide bonds. The highest BCUT2D eigenvalue weighted by molar-refractivity contribution is 5.94. The molecule has 0 aliphatic carbocycles. The van der Waals surface area contributed by atoms with E-state index in [0.717, 1.165) is 16.7 Å². The first-order valence-corrected chi connectivity index (χ1v) is 11.8. The highest BCUT2D eigenvalue weighted by Crippen LogP contribution is 2.41. The third-order valence-electron chi connectivity index (χ3n) is 6.69. The van der Waals surface area contributed by atoms with Crippen molar-refractivity contribution in [3.05, 3.63) is 89.5 Å². The van der Waals surface area contributed by atoms with Gasteiger partial charge in [0.2, 0.25) is 0 Å². The number of fused-ring (bicyclic) bond motifs is 1. The number of nitrogens with one attached hydrogen (secondary N) is 1. The number of aromatic hydroxyl groups is 1. The van der Waals surface area contributed by atoms with Gasteiger partial charge in [-0.2, -0.15) is 0 Å². The lowest BCUT2D eigenvalue weighted by molar-refractivity contribution is -0.274. The van der Waals surface area contributed by atoms with Crippen LogP contribution in [0.1, 0.15) is 35.6 Å². The third-order valence-corrected chi connectivity index (χ3v) is 6.69. The van der Waals surface area contributed by atoms with Crippen molar-refractivity contribution >= 4 is 11.7 Å². The predicted molar refractivity (Wildman–Crippen MR) is 129 cm³/mol. The van der Waals surface area contributed by atoms with Crippen LogP contribution < -0.4 is 10.1 Å². The Morgan fingerprint density at radius 1 is 0.972 bits per heavy atom. The van der Waals surface area contributed by atoms with Crippen LogP contribution >= 0.6 is 0 Å². The topological polar surface area (TPSA) is 65.0 Å². The number of anilines is 1. The Morgan fingerprint density at radius 3 is 2.44 bits per heavy atom. The Hall–Kier alpha value is -3.72. The molecule has 6 nitrogen and oxygen atoms in total. The number of carbonyl (C=O) groups is 1. The van der Waals surface area contributed by atoms with E-state index in [4.69, 9.17) is 0 Å². The van der Waals surface area contributed by atoms with Crippen molar-refractivity contribution in [1.82, 2.24) is 9.80 Å². The summed E-state index contributed by atoms with van der Waals surface area (Å²) in [6.45, 7) is 1.87. The second-order valence-corrected chi connectivity index (χ2v) is 9.12. The fourth-order valence-electron chi connectivity index (χ4n) is 5.14. The van der Waals surface area contributed by atoms with Gasteiger partial charge in [0.25, 0.3) is 0 Å². The number of nitrogens with zero attached hydrogens (tertiary/aromatic N) is 2. The molecule has 2 N–H and O–H groups in total. The summed E-state index contributed by atoms with van der Waals surface area (Å²) in [5, 5.41) is 13.1. The van der Waals surface area contributed by atoms with Crippen LogP contribution in [0.4, 0.5) is 23.7 Å². The van der Waals surface area contributed by atoms with E-state index in [2.05, 4.69) is 15.0 Å². The molecule has 0 radical (unpaired) electrons. The molecular formula is C27H26F3N3O3. The molecule has 0 spiro atoms. The standard InChI is InChI=1S/C27H26F3N3O3/c28-27(29,30)36-22-8-4-5-18(15-22)17-32-13-11-20(12-14-32)33-25(19-6-2-1-3-7-19)23-16-21(34)9-10-24(23)31-26(33)35/h1-10,15-16,20,25,34H,11-14,17H2,(H,31,35). The summed E-state index contributed by atoms with van der Waals surface area (Å²) in [5.74, 6) is -0.0928. The third kappa shape index (κ3) is 5.26. The number of rotatable bonds is 5. The lowest BCUT2D eigenvalue weighted by Gasteiger charge is -2.45. The van der Waals surface area contributed by atoms with Gasteiger partial charge >= 0.3 is 12.4 Å². The van der Waals surface area contributed by atoms with Crippen molar-refractivity contribution < 1.29 is 27.8 Å². The molecule has 1 saturated heterocycles. The minimum Gasteiger partial charge on any atom is -0.508 e. The summed E-state index contributed by atoms with van der Waals surface area (Å²) in [6.07, 6.45) is -3.30. The lowest BCUT2D eigenvalue weighted by atomic mass is 9.90. The Kier molecular flexibility index (Phi) is 6.49. The molecule has 2 aliphatic rings. The summed E-state index contributed by atoms with van der Waals surface area (Å²) in [4.78, 5) is 17.3. The monoisotopic (exact) mass is 497 g/mol. The van der Waals surface area contributed by atoms with Gasteiger partial charge in [-0.25, -0.2) is 4.79 Å². The smallest absolute Gasteiger partial charge is 0.508 e. The van der Waals surface area contributed by atoms with Gasteiger partial charge < -0.3 is 20.1 Å². The first kappa shape index (κ1) is 24.0. The molecule has 36 heavy (non-hydrogen) atoms. The van der Waals surface area contributed by atoms with Crippen LogP contribution in [0.3, 0.4) is 0 Å². The number of urea groups is 1. The van der Waals surface area contributed by atoms with E-state index in [1.165, 1.54) is 12.1 Å². The molecule has 188 valence electrons. The molecule has 3 aromatic carbocycles. The molecule has 1 unspecified atom stereocenters. The molecule has 0 bridgehead atoms. The summed E-state index contributed by atoms with van der Waals surface area (Å²) in [5.41, 5.74) is 3.21. The zero-order valence-corrected chi connectivity index (χ0v) is 19.4. The Morgan fingerprint density at radius 2 is 1.72 bits per heavy atom. The predicted octanol–water partition coefficient (Wildman–Crippen LogP) is 5.89. The Bertz CT molecular complexity index is 1230. The maximum atomic E-state index is 13.3. The van der Waals surface area contributed by atoms with Crippen molar-refractivity contribution in [3.63, 3.8) is 0 Å². The quantitative estimate of drug-likeness (QED) is 0.432. The average molecular weight is 498 g/mol. The van der Waals surface area contributed by atoms with Crippen LogP contribution in [-0.4, -0.2) is 46.4 Å². The van der Waals surface area contributed by atoms with E-state index in [9.17, 15) is 23.1 Å². The second-order valence-electron chi connectivity index (χ2n) is 9.12. The van der Waals surface area contributed by atoms with Gasteiger partial charge in [0, 0.05) is 36.9 Å². The number of phenols is 1. The van der Waals surface area contributed by atoms with E-state index in [-0.39, 0.29) is 29.6 Å². The number of amides is 2. The number of halogens is 3. The van der Waals surface area contributed by atoms with Gasteiger partial charge in [-0.1, -0.05) is 42.5 Å². The zero-order chi connectivity index (χ0) is 25.3. The Balaban J connectivity index is 1.32. The second kappa shape index (κ2) is 9.73. The number of hydrogen-bond acceptors (Lipinski definition) is 4. The molecule has 2 aliphatic heterocycles. The molecule has 3 aromatic rings. The van der Waals surface area contributed by atoms with Crippen LogP contribution in [0.15, 0.2) is 72.8 Å². The van der Waals surface area contributed by atoms with Crippen molar-refractivity contribution in [2.24, 2.45) is 0 Å². The fourth-order valence-corrected chi connectivity index (χ4v) is 5.14. The number of piperidine rings is 1. The summed E-state index contributed by atoms with van der Waals surface area (Å²) >= 11 is 0. The number of ether oxygens (including phenoxy) is 1. The molecule has 0 saturated carbocycles. The minimum atomic E-state index is -4.73. The van der Waals surface area contributed by atoms with Crippen LogP contribution in [0.25, 0.3) is 0 Å². The van der Waals surface area contributed by atoms with Crippen LogP contribution in [0.2, 0.25) is 0 Å². The largest absolute Gasteiger partial charge is 0.573 e. The van der Waals surface area contributed by atoms with Gasteiger partial charge in [-0.15, -0.1) is 13.2 Å². The number of benzene rings is 3. The maximum Gasteiger partial charge on any atom is 0.573 e. The highest BCUT2D eigenvalue weighted by atomic mass is 19.4. The summed E-state index contributed by atoms with van der Waals surface area (Å²) in [7, 11) is 0. The van der Waals surface area contributed by atoms with Gasteiger partial charge in [0.1, 0.15) is 11.5 Å². The molecule has 1 atom stereocenters. The molecule has 9 heteroatoms. The van der Waals surface area contributed by atoms with Crippen LogP contribution in [-0.2, 0) is 6.54 Å². The van der Waals surface area contributed by atoms with Gasteiger partial charge in [-0.05, 0) is 54.3 Å². The van der Waals surface area contributed by atoms with E-state index < -0.39 is 6.36 Å². The number of alkyl halides is 3. The summed E-state index contributed by atoms with van der Waals surface area (Å²) < 4.78 is 41.7. The van der Waals surface area contributed by atoms with Gasteiger partial charge in [-0.3, -0.25) is 4.90 Å². The molecule has 1 fully saturated rings. The molecule has 2 heterocycles.